The molecule has 1 aromatic carbocycles. The van der Waals surface area contributed by atoms with E-state index in [1.807, 2.05) is 0 Å². The molecule has 0 spiro atoms. The molecule has 0 bridgehead atoms. The predicted octanol–water partition coefficient (Wildman–Crippen LogP) is 2.20. The maximum atomic E-state index is 11.6. The lowest BCUT2D eigenvalue weighted by Crippen LogP contribution is -2.17. The van der Waals surface area contributed by atoms with E-state index in [0.717, 1.165) is 5.56 Å². The van der Waals surface area contributed by atoms with Crippen molar-refractivity contribution in [2.45, 2.75) is 0 Å². The minimum Gasteiger partial charge on any atom is -0.493 e. The van der Waals surface area contributed by atoms with Crippen LogP contribution in [0.3, 0.4) is 0 Å². The Morgan fingerprint density at radius 3 is 2.15 bits per heavy atom. The summed E-state index contributed by atoms with van der Waals surface area (Å²) < 4.78 is 16.2. The van der Waals surface area contributed by atoms with Crippen LogP contribution in [0.15, 0.2) is 17.0 Å². The van der Waals surface area contributed by atoms with Crippen LogP contribution in [0.5, 0.6) is 17.2 Å². The molecular weight excluding hydrogens is 298 g/mol. The molecule has 1 saturated heterocycles. The molecule has 1 aliphatic heterocycles. The molecule has 0 saturated carbocycles. The number of rotatable bonds is 4. The van der Waals surface area contributed by atoms with Gasteiger partial charge in [0.25, 0.3) is 5.91 Å². The lowest BCUT2D eigenvalue weighted by atomic mass is 10.1. The van der Waals surface area contributed by atoms with Crippen LogP contribution < -0.4 is 19.5 Å². The molecule has 1 heterocycles. The monoisotopic (exact) mass is 311 g/mol. The Hall–Kier alpha value is -1.73. The summed E-state index contributed by atoms with van der Waals surface area (Å²) in [7, 11) is 4.62. The zero-order valence-corrected chi connectivity index (χ0v) is 12.8. The molecule has 2 rings (SSSR count). The highest BCUT2D eigenvalue weighted by atomic mass is 32.2. The molecule has 0 radical (unpaired) electrons. The second kappa shape index (κ2) is 6.15. The topological polar surface area (TPSA) is 56.8 Å². The van der Waals surface area contributed by atoms with Gasteiger partial charge < -0.3 is 19.5 Å². The van der Waals surface area contributed by atoms with Crippen molar-refractivity contribution in [1.29, 1.82) is 0 Å². The molecule has 0 aromatic heterocycles. The van der Waals surface area contributed by atoms with Crippen LogP contribution in [-0.2, 0) is 4.79 Å². The molecular formula is C13H13NO4S2. The first-order valence-corrected chi connectivity index (χ1v) is 6.86. The first-order valence-electron chi connectivity index (χ1n) is 5.64. The number of carbonyl (C=O) groups excluding carboxylic acids is 1. The number of carbonyl (C=O) groups is 1. The van der Waals surface area contributed by atoms with Gasteiger partial charge in [0.05, 0.1) is 26.2 Å². The lowest BCUT2D eigenvalue weighted by Gasteiger charge is -2.12. The van der Waals surface area contributed by atoms with Gasteiger partial charge in [-0.05, 0) is 23.8 Å². The van der Waals surface area contributed by atoms with Crippen molar-refractivity contribution >= 4 is 40.3 Å². The van der Waals surface area contributed by atoms with Crippen molar-refractivity contribution in [1.82, 2.24) is 5.32 Å². The zero-order valence-electron chi connectivity index (χ0n) is 11.2. The Bertz CT molecular complexity index is 573. The third-order valence-electron chi connectivity index (χ3n) is 2.63. The molecule has 0 aliphatic carbocycles. The van der Waals surface area contributed by atoms with E-state index in [1.165, 1.54) is 18.9 Å². The fourth-order valence-corrected chi connectivity index (χ4v) is 2.80. The number of thioether (sulfide) groups is 1. The standard InChI is InChI=1S/C13H13NO4S2/c1-16-8-4-7(5-9(17-2)11(8)18-3)6-10-12(15)14-13(19)20-10/h4-6H,1-3H3,(H,14,15,19)/b10-6-. The van der Waals surface area contributed by atoms with Crippen LogP contribution in [0, 0.1) is 0 Å². The van der Waals surface area contributed by atoms with E-state index >= 15 is 0 Å². The number of benzene rings is 1. The van der Waals surface area contributed by atoms with Gasteiger partial charge in [-0.15, -0.1) is 0 Å². The van der Waals surface area contributed by atoms with Gasteiger partial charge in [-0.3, -0.25) is 4.79 Å². The average molecular weight is 311 g/mol. The quantitative estimate of drug-likeness (QED) is 0.679. The number of methoxy groups -OCH3 is 3. The van der Waals surface area contributed by atoms with Crippen molar-refractivity contribution in [3.63, 3.8) is 0 Å². The Balaban J connectivity index is 2.45. The summed E-state index contributed by atoms with van der Waals surface area (Å²) in [5.41, 5.74) is 0.766. The number of nitrogens with one attached hydrogen (secondary N) is 1. The van der Waals surface area contributed by atoms with Crippen LogP contribution in [0.25, 0.3) is 6.08 Å². The molecule has 1 amide bonds. The summed E-state index contributed by atoms with van der Waals surface area (Å²) in [6, 6.07) is 3.53. The van der Waals surface area contributed by atoms with E-state index in [4.69, 9.17) is 26.4 Å². The van der Waals surface area contributed by atoms with Crippen LogP contribution in [0.1, 0.15) is 5.56 Å². The van der Waals surface area contributed by atoms with E-state index in [-0.39, 0.29) is 5.91 Å². The van der Waals surface area contributed by atoms with Crippen molar-refractivity contribution < 1.29 is 19.0 Å². The second-order valence-corrected chi connectivity index (χ2v) is 5.53. The molecule has 106 valence electrons. The SMILES string of the molecule is COc1cc(/C=C2\SC(=S)NC2=O)cc(OC)c1OC. The second-order valence-electron chi connectivity index (χ2n) is 3.81. The fourth-order valence-electron chi connectivity index (χ4n) is 1.76. The summed E-state index contributed by atoms with van der Waals surface area (Å²) in [6.45, 7) is 0. The molecule has 5 nitrogen and oxygen atoms in total. The van der Waals surface area contributed by atoms with E-state index in [0.29, 0.717) is 26.5 Å². The van der Waals surface area contributed by atoms with Gasteiger partial charge >= 0.3 is 0 Å². The summed E-state index contributed by atoms with van der Waals surface area (Å²) in [5, 5.41) is 2.57. The Morgan fingerprint density at radius 2 is 1.75 bits per heavy atom. The zero-order chi connectivity index (χ0) is 14.7. The summed E-state index contributed by atoms with van der Waals surface area (Å²) in [5.74, 6) is 1.37. The van der Waals surface area contributed by atoms with Crippen LogP contribution >= 0.6 is 24.0 Å². The molecule has 1 aliphatic rings. The Labute approximate surface area is 126 Å². The van der Waals surface area contributed by atoms with Gasteiger partial charge in [0.2, 0.25) is 5.75 Å². The van der Waals surface area contributed by atoms with Crippen LogP contribution in [0.4, 0.5) is 0 Å². The lowest BCUT2D eigenvalue weighted by molar-refractivity contribution is -0.115. The van der Waals surface area contributed by atoms with E-state index < -0.39 is 0 Å². The predicted molar refractivity (Wildman–Crippen MR) is 82.4 cm³/mol. The highest BCUT2D eigenvalue weighted by Gasteiger charge is 2.22. The van der Waals surface area contributed by atoms with Crippen LogP contribution in [0.2, 0.25) is 0 Å². The third kappa shape index (κ3) is 2.88. The smallest absolute Gasteiger partial charge is 0.263 e. The highest BCUT2D eigenvalue weighted by Crippen LogP contribution is 2.39. The Morgan fingerprint density at radius 1 is 1.15 bits per heavy atom. The van der Waals surface area contributed by atoms with Crippen molar-refractivity contribution in [3.05, 3.63) is 22.6 Å². The van der Waals surface area contributed by atoms with Crippen LogP contribution in [-0.4, -0.2) is 31.6 Å². The average Bonchev–Trinajstić information content (AvgIpc) is 2.75. The van der Waals surface area contributed by atoms with Gasteiger partial charge in [0, 0.05) is 0 Å². The van der Waals surface area contributed by atoms with Crippen molar-refractivity contribution in [3.8, 4) is 17.2 Å². The van der Waals surface area contributed by atoms with Gasteiger partial charge in [0.15, 0.2) is 11.5 Å². The summed E-state index contributed by atoms with van der Waals surface area (Å²) in [4.78, 5) is 12.2. The van der Waals surface area contributed by atoms with E-state index in [2.05, 4.69) is 5.32 Å². The summed E-state index contributed by atoms with van der Waals surface area (Å²) in [6.07, 6.45) is 1.73. The molecule has 1 fully saturated rings. The number of amides is 1. The van der Waals surface area contributed by atoms with Gasteiger partial charge in [-0.25, -0.2) is 0 Å². The first-order chi connectivity index (χ1) is 9.58. The molecule has 20 heavy (non-hydrogen) atoms. The number of ether oxygens (including phenoxy) is 3. The Kier molecular flexibility index (Phi) is 4.51. The third-order valence-corrected chi connectivity index (χ3v) is 3.79. The molecule has 0 atom stereocenters. The molecule has 0 unspecified atom stereocenters. The molecule has 7 heteroatoms. The largest absolute Gasteiger partial charge is 0.493 e. The van der Waals surface area contributed by atoms with Gasteiger partial charge in [0.1, 0.15) is 4.32 Å². The van der Waals surface area contributed by atoms with Gasteiger partial charge in [-0.1, -0.05) is 24.0 Å². The first kappa shape index (κ1) is 14.7. The maximum Gasteiger partial charge on any atom is 0.263 e. The van der Waals surface area contributed by atoms with Gasteiger partial charge in [-0.2, -0.15) is 0 Å². The maximum absolute atomic E-state index is 11.6. The number of hydrogen-bond donors (Lipinski definition) is 1. The highest BCUT2D eigenvalue weighted by molar-refractivity contribution is 8.26. The van der Waals surface area contributed by atoms with E-state index in [1.54, 1.807) is 32.4 Å². The fraction of sp³-hybridized carbons (Fsp3) is 0.231. The van der Waals surface area contributed by atoms with Crippen molar-refractivity contribution in [2.24, 2.45) is 0 Å². The number of thiocarbonyl (C=S) groups is 1. The van der Waals surface area contributed by atoms with Crippen molar-refractivity contribution in [2.75, 3.05) is 21.3 Å². The normalized spacial score (nSPS) is 16.2. The summed E-state index contributed by atoms with van der Waals surface area (Å²) >= 11 is 6.17. The minimum atomic E-state index is -0.200. The van der Waals surface area contributed by atoms with E-state index in [9.17, 15) is 4.79 Å². The molecule has 1 N–H and O–H groups in total. The minimum absolute atomic E-state index is 0.200. The number of hydrogen-bond acceptors (Lipinski definition) is 6. The molecule has 1 aromatic rings.